The third-order valence-electron chi connectivity index (χ3n) is 3.35. The number of aromatic amines is 1. The van der Waals surface area contributed by atoms with Gasteiger partial charge in [0, 0.05) is 15.6 Å². The van der Waals surface area contributed by atoms with E-state index in [9.17, 15) is 5.11 Å². The van der Waals surface area contributed by atoms with Crippen LogP contribution in [0.15, 0.2) is 50.4 Å². The maximum absolute atomic E-state index is 10.1. The van der Waals surface area contributed by atoms with E-state index >= 15 is 0 Å². The van der Waals surface area contributed by atoms with Gasteiger partial charge in [-0.3, -0.25) is 0 Å². The molecule has 0 aliphatic heterocycles. The Kier molecular flexibility index (Phi) is 5.36. The summed E-state index contributed by atoms with van der Waals surface area (Å²) in [6.07, 6.45) is 1.51. The van der Waals surface area contributed by atoms with Gasteiger partial charge in [0.15, 0.2) is 5.82 Å². The second-order valence-electron chi connectivity index (χ2n) is 4.97. The molecule has 25 heavy (non-hydrogen) atoms. The number of phenols is 1. The van der Waals surface area contributed by atoms with Gasteiger partial charge in [0.1, 0.15) is 11.5 Å². The van der Waals surface area contributed by atoms with E-state index in [-0.39, 0.29) is 5.75 Å². The van der Waals surface area contributed by atoms with Crippen molar-refractivity contribution in [3.8, 4) is 22.9 Å². The zero-order chi connectivity index (χ0) is 18.0. The van der Waals surface area contributed by atoms with Crippen LogP contribution in [0.1, 0.15) is 5.56 Å². The number of hydrogen-bond acceptors (Lipinski definition) is 5. The molecule has 0 bridgehead atoms. The lowest BCUT2D eigenvalue weighted by Gasteiger charge is -2.05. The maximum atomic E-state index is 10.1. The van der Waals surface area contributed by atoms with E-state index in [4.69, 9.17) is 17.0 Å². The molecule has 0 amide bonds. The molecule has 128 valence electrons. The molecule has 6 nitrogen and oxygen atoms in total. The molecule has 2 aromatic carbocycles. The average Bonchev–Trinajstić information content (AvgIpc) is 2.97. The van der Waals surface area contributed by atoms with Crippen LogP contribution >= 0.6 is 44.1 Å². The first-order chi connectivity index (χ1) is 12.0. The SMILES string of the molecule is COc1cccc(-c2n[nH]c(=S)n2N=Cc2cc(Br)cc(Br)c2O)c1. The van der Waals surface area contributed by atoms with E-state index < -0.39 is 0 Å². The van der Waals surface area contributed by atoms with Crippen LogP contribution in [0, 0.1) is 4.77 Å². The van der Waals surface area contributed by atoms with Crippen molar-refractivity contribution in [2.75, 3.05) is 7.11 Å². The minimum atomic E-state index is 0.0879. The molecule has 0 unspecified atom stereocenters. The fourth-order valence-corrected chi connectivity index (χ4v) is 3.59. The number of hydrogen-bond donors (Lipinski definition) is 2. The number of halogens is 2. The predicted octanol–water partition coefficient (Wildman–Crippen LogP) is 4.73. The van der Waals surface area contributed by atoms with Crippen LogP contribution in [0.3, 0.4) is 0 Å². The highest BCUT2D eigenvalue weighted by molar-refractivity contribution is 9.11. The lowest BCUT2D eigenvalue weighted by molar-refractivity contribution is 0.415. The molecule has 3 rings (SSSR count). The monoisotopic (exact) mass is 482 g/mol. The normalized spacial score (nSPS) is 11.2. The minimum absolute atomic E-state index is 0.0879. The molecule has 2 N–H and O–H groups in total. The number of rotatable bonds is 4. The van der Waals surface area contributed by atoms with Crippen molar-refractivity contribution in [2.45, 2.75) is 0 Å². The fourth-order valence-electron chi connectivity index (χ4n) is 2.15. The summed E-state index contributed by atoms with van der Waals surface area (Å²) in [4.78, 5) is 0. The summed E-state index contributed by atoms with van der Waals surface area (Å²) >= 11 is 11.9. The Morgan fingerprint density at radius 3 is 2.88 bits per heavy atom. The molecule has 1 aromatic heterocycles. The number of methoxy groups -OCH3 is 1. The second-order valence-corrected chi connectivity index (χ2v) is 7.12. The van der Waals surface area contributed by atoms with Crippen molar-refractivity contribution >= 4 is 50.3 Å². The van der Waals surface area contributed by atoms with Gasteiger partial charge in [0.25, 0.3) is 0 Å². The Morgan fingerprint density at radius 1 is 1.32 bits per heavy atom. The first kappa shape index (κ1) is 17.8. The van der Waals surface area contributed by atoms with Crippen molar-refractivity contribution in [2.24, 2.45) is 5.10 Å². The molecule has 0 radical (unpaired) electrons. The van der Waals surface area contributed by atoms with Crippen LogP contribution in [0.4, 0.5) is 0 Å². The van der Waals surface area contributed by atoms with Crippen LogP contribution < -0.4 is 4.74 Å². The van der Waals surface area contributed by atoms with Gasteiger partial charge in [-0.25, -0.2) is 5.10 Å². The van der Waals surface area contributed by atoms with E-state index in [1.165, 1.54) is 10.9 Å². The van der Waals surface area contributed by atoms with Crippen molar-refractivity contribution in [1.82, 2.24) is 14.9 Å². The molecule has 0 saturated carbocycles. The molecule has 0 atom stereocenters. The third-order valence-corrected chi connectivity index (χ3v) is 4.67. The summed E-state index contributed by atoms with van der Waals surface area (Å²) in [6, 6.07) is 10.9. The predicted molar refractivity (Wildman–Crippen MR) is 106 cm³/mol. The number of phenolic OH excluding ortho intramolecular Hbond substituents is 1. The smallest absolute Gasteiger partial charge is 0.216 e. The van der Waals surface area contributed by atoms with Gasteiger partial charge in [0.05, 0.1) is 17.8 Å². The molecular weight excluding hydrogens is 472 g/mol. The first-order valence-corrected chi connectivity index (χ1v) is 9.03. The lowest BCUT2D eigenvalue weighted by atomic mass is 10.2. The van der Waals surface area contributed by atoms with Crippen LogP contribution in [0.25, 0.3) is 11.4 Å². The Labute approximate surface area is 165 Å². The zero-order valence-electron chi connectivity index (χ0n) is 12.9. The van der Waals surface area contributed by atoms with E-state index in [1.807, 2.05) is 24.3 Å². The second kappa shape index (κ2) is 7.51. The van der Waals surface area contributed by atoms with Gasteiger partial charge in [-0.1, -0.05) is 28.1 Å². The van der Waals surface area contributed by atoms with Gasteiger partial charge < -0.3 is 9.84 Å². The number of ether oxygens (including phenoxy) is 1. The quantitative estimate of drug-likeness (QED) is 0.415. The van der Waals surface area contributed by atoms with Gasteiger partial charge in [-0.2, -0.15) is 14.9 Å². The molecule has 0 saturated heterocycles. The van der Waals surface area contributed by atoms with Gasteiger partial charge in [0.2, 0.25) is 4.77 Å². The summed E-state index contributed by atoms with van der Waals surface area (Å²) < 4.78 is 8.43. The van der Waals surface area contributed by atoms with E-state index in [1.54, 1.807) is 19.2 Å². The number of aromatic nitrogens is 3. The Balaban J connectivity index is 2.05. The van der Waals surface area contributed by atoms with E-state index in [2.05, 4.69) is 47.2 Å². The number of H-pyrrole nitrogens is 1. The van der Waals surface area contributed by atoms with Crippen LogP contribution in [0.5, 0.6) is 11.5 Å². The highest BCUT2D eigenvalue weighted by atomic mass is 79.9. The topological polar surface area (TPSA) is 75.4 Å². The fraction of sp³-hybridized carbons (Fsp3) is 0.0625. The third kappa shape index (κ3) is 3.83. The summed E-state index contributed by atoms with van der Waals surface area (Å²) in [7, 11) is 1.60. The van der Waals surface area contributed by atoms with Crippen molar-refractivity contribution in [1.29, 1.82) is 0 Å². The Bertz CT molecular complexity index is 1010. The Hall–Kier alpha value is -1.97. The summed E-state index contributed by atoms with van der Waals surface area (Å²) in [5.74, 6) is 1.33. The van der Waals surface area contributed by atoms with Crippen LogP contribution in [-0.2, 0) is 0 Å². The van der Waals surface area contributed by atoms with Crippen molar-refractivity contribution in [3.05, 3.63) is 55.7 Å². The minimum Gasteiger partial charge on any atom is -0.506 e. The standard InChI is InChI=1S/C16H12Br2N4O2S/c1-24-12-4-2-3-9(6-12)15-20-21-16(25)22(15)19-8-10-5-11(17)7-13(18)14(10)23/h2-8,23H,1H3,(H,21,25). The number of benzene rings is 2. The summed E-state index contributed by atoms with van der Waals surface area (Å²) in [5.41, 5.74) is 1.32. The highest BCUT2D eigenvalue weighted by Crippen LogP contribution is 2.30. The molecule has 0 fully saturated rings. The zero-order valence-corrected chi connectivity index (χ0v) is 16.9. The van der Waals surface area contributed by atoms with Crippen molar-refractivity contribution < 1.29 is 9.84 Å². The van der Waals surface area contributed by atoms with E-state index in [0.29, 0.717) is 26.4 Å². The molecule has 0 aliphatic carbocycles. The van der Waals surface area contributed by atoms with Gasteiger partial charge in [-0.05, 0) is 52.4 Å². The molecule has 0 spiro atoms. The van der Waals surface area contributed by atoms with Crippen molar-refractivity contribution in [3.63, 3.8) is 0 Å². The molecule has 0 aliphatic rings. The van der Waals surface area contributed by atoms with Gasteiger partial charge >= 0.3 is 0 Å². The first-order valence-electron chi connectivity index (χ1n) is 7.04. The summed E-state index contributed by atoms with van der Waals surface area (Å²) in [5, 5.41) is 21.5. The largest absolute Gasteiger partial charge is 0.506 e. The van der Waals surface area contributed by atoms with Crippen LogP contribution in [0.2, 0.25) is 0 Å². The number of nitrogens with one attached hydrogen (secondary N) is 1. The number of aromatic hydroxyl groups is 1. The summed E-state index contributed by atoms with van der Waals surface area (Å²) in [6.45, 7) is 0. The average molecular weight is 484 g/mol. The maximum Gasteiger partial charge on any atom is 0.216 e. The number of nitrogens with zero attached hydrogens (tertiary/aromatic N) is 3. The van der Waals surface area contributed by atoms with Gasteiger partial charge in [-0.15, -0.1) is 0 Å². The van der Waals surface area contributed by atoms with Crippen LogP contribution in [-0.4, -0.2) is 33.3 Å². The molecule has 3 aromatic rings. The highest BCUT2D eigenvalue weighted by Gasteiger charge is 2.10. The molecule has 9 heteroatoms. The van der Waals surface area contributed by atoms with E-state index in [0.717, 1.165) is 10.0 Å². The molecular formula is C16H12Br2N4O2S. The lowest BCUT2D eigenvalue weighted by Crippen LogP contribution is -1.96. The Morgan fingerprint density at radius 2 is 2.12 bits per heavy atom. The molecule has 1 heterocycles.